The molecule has 0 aliphatic carbocycles. The minimum atomic E-state index is 0.157. The van der Waals surface area contributed by atoms with Crippen LogP contribution in [0.2, 0.25) is 0 Å². The van der Waals surface area contributed by atoms with Crippen LogP contribution in [0.1, 0.15) is 45.1 Å². The number of carbonyl (C=O) groups is 1. The second kappa shape index (κ2) is 9.92. The Morgan fingerprint density at radius 3 is 2.62 bits per heavy atom. The Balaban J connectivity index is 1.98. The van der Waals surface area contributed by atoms with Gasteiger partial charge >= 0.3 is 0 Å². The highest BCUT2D eigenvalue weighted by Gasteiger charge is 2.29. The van der Waals surface area contributed by atoms with Gasteiger partial charge in [-0.1, -0.05) is 42.4 Å². The van der Waals surface area contributed by atoms with Gasteiger partial charge in [0, 0.05) is 37.7 Å². The van der Waals surface area contributed by atoms with Crippen LogP contribution in [-0.4, -0.2) is 60.6 Å². The Hall–Kier alpha value is -2.34. The second-order valence-corrected chi connectivity index (χ2v) is 8.19. The quantitative estimate of drug-likeness (QED) is 0.672. The highest BCUT2D eigenvalue weighted by molar-refractivity contribution is 5.77. The van der Waals surface area contributed by atoms with Gasteiger partial charge < -0.3 is 19.2 Å². The summed E-state index contributed by atoms with van der Waals surface area (Å²) in [4.78, 5) is 19.1. The number of anilines is 1. The topological polar surface area (TPSA) is 52.8 Å². The van der Waals surface area contributed by atoms with Gasteiger partial charge in [-0.25, -0.2) is 0 Å². The number of hydrogen-bond acceptors (Lipinski definition) is 5. The third-order valence-electron chi connectivity index (χ3n) is 5.70. The standard InChI is InChI=1S/C23H34N4O2/c1-5-21(28)26(16-15-25(3)4)17-20-22(19-12-7-6-8-13-19)24-29-23(20)27-14-10-9-11-18(27)2/h6-8,12-13,18H,5,9-11,14-17H2,1-4H3. The lowest BCUT2D eigenvalue weighted by Gasteiger charge is -2.34. The van der Waals surface area contributed by atoms with Crippen molar-refractivity contribution < 1.29 is 9.32 Å². The molecule has 1 unspecified atom stereocenters. The first-order valence-electron chi connectivity index (χ1n) is 10.7. The summed E-state index contributed by atoms with van der Waals surface area (Å²) in [5.74, 6) is 0.986. The molecule has 6 nitrogen and oxygen atoms in total. The minimum absolute atomic E-state index is 0.157. The molecule has 158 valence electrons. The molecule has 2 heterocycles. The van der Waals surface area contributed by atoms with Gasteiger partial charge in [0.15, 0.2) is 0 Å². The molecule has 1 atom stereocenters. The number of hydrogen-bond donors (Lipinski definition) is 0. The van der Waals surface area contributed by atoms with E-state index in [9.17, 15) is 4.79 Å². The molecule has 6 heteroatoms. The van der Waals surface area contributed by atoms with E-state index >= 15 is 0 Å². The van der Waals surface area contributed by atoms with Gasteiger partial charge in [-0.2, -0.15) is 0 Å². The predicted molar refractivity (Wildman–Crippen MR) is 117 cm³/mol. The van der Waals surface area contributed by atoms with Gasteiger partial charge in [-0.3, -0.25) is 4.79 Å². The van der Waals surface area contributed by atoms with E-state index in [2.05, 4.69) is 34.0 Å². The zero-order valence-electron chi connectivity index (χ0n) is 18.2. The van der Waals surface area contributed by atoms with Gasteiger partial charge in [0.2, 0.25) is 11.8 Å². The van der Waals surface area contributed by atoms with Crippen molar-refractivity contribution in [1.82, 2.24) is 15.0 Å². The van der Waals surface area contributed by atoms with Gasteiger partial charge in [-0.05, 0) is 40.3 Å². The first-order chi connectivity index (χ1) is 14.0. The van der Waals surface area contributed by atoms with Crippen LogP contribution in [0.5, 0.6) is 0 Å². The van der Waals surface area contributed by atoms with E-state index in [4.69, 9.17) is 4.52 Å². The molecule has 29 heavy (non-hydrogen) atoms. The molecule has 1 saturated heterocycles. The summed E-state index contributed by atoms with van der Waals surface area (Å²) in [7, 11) is 4.06. The Morgan fingerprint density at radius 1 is 1.21 bits per heavy atom. The van der Waals surface area contributed by atoms with Crippen molar-refractivity contribution in [3.63, 3.8) is 0 Å². The van der Waals surface area contributed by atoms with E-state index < -0.39 is 0 Å². The lowest BCUT2D eigenvalue weighted by molar-refractivity contribution is -0.131. The summed E-state index contributed by atoms with van der Waals surface area (Å²) in [6, 6.07) is 10.5. The largest absolute Gasteiger partial charge is 0.338 e. The molecule has 1 aliphatic rings. The van der Waals surface area contributed by atoms with Gasteiger partial charge in [0.25, 0.3) is 0 Å². The molecule has 1 aliphatic heterocycles. The second-order valence-electron chi connectivity index (χ2n) is 8.19. The van der Waals surface area contributed by atoms with E-state index in [1.807, 2.05) is 44.1 Å². The number of piperidine rings is 1. The average Bonchev–Trinajstić information content (AvgIpc) is 3.14. The number of nitrogens with zero attached hydrogens (tertiary/aromatic N) is 4. The van der Waals surface area contributed by atoms with E-state index in [1.165, 1.54) is 6.42 Å². The smallest absolute Gasteiger partial charge is 0.233 e. The van der Waals surface area contributed by atoms with Crippen LogP contribution in [0.3, 0.4) is 0 Å². The number of carbonyl (C=O) groups excluding carboxylic acids is 1. The van der Waals surface area contributed by atoms with Crippen LogP contribution in [0.15, 0.2) is 34.9 Å². The normalized spacial score (nSPS) is 17.0. The number of aromatic nitrogens is 1. The Kier molecular flexibility index (Phi) is 7.31. The summed E-state index contributed by atoms with van der Waals surface area (Å²) in [6.07, 6.45) is 4.05. The number of likely N-dealkylation sites (N-methyl/N-ethyl adjacent to an activating group) is 1. The monoisotopic (exact) mass is 398 g/mol. The van der Waals surface area contributed by atoms with Crippen molar-refractivity contribution >= 4 is 11.8 Å². The van der Waals surface area contributed by atoms with Crippen LogP contribution in [0.4, 0.5) is 5.88 Å². The fraction of sp³-hybridized carbons (Fsp3) is 0.565. The van der Waals surface area contributed by atoms with Gasteiger partial charge in [0.05, 0.1) is 12.1 Å². The Labute approximate surface area is 174 Å². The summed E-state index contributed by atoms with van der Waals surface area (Å²) in [5, 5.41) is 4.46. The van der Waals surface area contributed by atoms with E-state index in [0.29, 0.717) is 25.6 Å². The van der Waals surface area contributed by atoms with Gasteiger partial charge in [-0.15, -0.1) is 0 Å². The SMILES string of the molecule is CCC(=O)N(CCN(C)C)Cc1c(-c2ccccc2)noc1N1CCCCC1C. The van der Waals surface area contributed by atoms with Crippen molar-refractivity contribution in [2.75, 3.05) is 38.6 Å². The molecule has 0 N–H and O–H groups in total. The zero-order chi connectivity index (χ0) is 20.8. The van der Waals surface area contributed by atoms with Crippen molar-refractivity contribution in [1.29, 1.82) is 0 Å². The molecule has 3 rings (SSSR count). The highest BCUT2D eigenvalue weighted by atomic mass is 16.5. The lowest BCUT2D eigenvalue weighted by Crippen LogP contribution is -2.39. The molecule has 2 aromatic rings. The van der Waals surface area contributed by atoms with Crippen LogP contribution in [-0.2, 0) is 11.3 Å². The zero-order valence-corrected chi connectivity index (χ0v) is 18.2. The molecular formula is C23H34N4O2. The molecule has 1 fully saturated rings. The number of amides is 1. The Bertz CT molecular complexity index is 787. The van der Waals surface area contributed by atoms with Crippen LogP contribution in [0, 0.1) is 0 Å². The molecule has 1 aromatic carbocycles. The molecule has 0 radical (unpaired) electrons. The minimum Gasteiger partial charge on any atom is -0.338 e. The molecule has 0 bridgehead atoms. The third-order valence-corrected chi connectivity index (χ3v) is 5.70. The highest BCUT2D eigenvalue weighted by Crippen LogP contribution is 2.35. The fourth-order valence-corrected chi connectivity index (χ4v) is 3.92. The fourth-order valence-electron chi connectivity index (χ4n) is 3.92. The number of benzene rings is 1. The summed E-state index contributed by atoms with van der Waals surface area (Å²) >= 11 is 0. The summed E-state index contributed by atoms with van der Waals surface area (Å²) in [5.41, 5.74) is 2.89. The maximum absolute atomic E-state index is 12.7. The molecule has 1 aromatic heterocycles. The van der Waals surface area contributed by atoms with Crippen LogP contribution in [0.25, 0.3) is 11.3 Å². The number of rotatable bonds is 8. The maximum Gasteiger partial charge on any atom is 0.233 e. The first-order valence-corrected chi connectivity index (χ1v) is 10.7. The maximum atomic E-state index is 12.7. The summed E-state index contributed by atoms with van der Waals surface area (Å²) in [6.45, 7) is 7.17. The Morgan fingerprint density at radius 2 is 1.97 bits per heavy atom. The van der Waals surface area contributed by atoms with E-state index in [-0.39, 0.29) is 5.91 Å². The van der Waals surface area contributed by atoms with Crippen LogP contribution < -0.4 is 4.90 Å². The van der Waals surface area contributed by atoms with Crippen molar-refractivity contribution in [3.05, 3.63) is 35.9 Å². The molecule has 0 spiro atoms. The van der Waals surface area contributed by atoms with Crippen molar-refractivity contribution in [2.45, 2.75) is 52.1 Å². The predicted octanol–water partition coefficient (Wildman–Crippen LogP) is 4.02. The average molecular weight is 399 g/mol. The van der Waals surface area contributed by atoms with Crippen molar-refractivity contribution in [3.8, 4) is 11.3 Å². The van der Waals surface area contributed by atoms with Crippen molar-refractivity contribution in [2.24, 2.45) is 0 Å². The summed E-state index contributed by atoms with van der Waals surface area (Å²) < 4.78 is 5.93. The first kappa shape index (κ1) is 21.4. The molecule has 1 amide bonds. The molecular weight excluding hydrogens is 364 g/mol. The van der Waals surface area contributed by atoms with Gasteiger partial charge in [0.1, 0.15) is 5.69 Å². The van der Waals surface area contributed by atoms with E-state index in [0.717, 1.165) is 48.6 Å². The van der Waals surface area contributed by atoms with Crippen LogP contribution >= 0.6 is 0 Å². The molecule has 0 saturated carbocycles. The third kappa shape index (κ3) is 5.18. The van der Waals surface area contributed by atoms with E-state index in [1.54, 1.807) is 0 Å². The lowest BCUT2D eigenvalue weighted by atomic mass is 10.0.